The lowest BCUT2D eigenvalue weighted by Gasteiger charge is -2.47. The number of hydrogen-bond donors (Lipinski definition) is 19. The van der Waals surface area contributed by atoms with E-state index in [1.54, 1.807) is 19.0 Å². The van der Waals surface area contributed by atoms with E-state index >= 15 is 24.0 Å². The monoisotopic (exact) mass is 1600 g/mol. The number of aromatic hydroxyl groups is 3. The van der Waals surface area contributed by atoms with Gasteiger partial charge < -0.3 is 138 Å². The average Bonchev–Trinajstić information content (AvgIpc) is 0.766. The zero-order valence-corrected chi connectivity index (χ0v) is 63.1. The maximum atomic E-state index is 16.4. The molecule has 0 spiro atoms. The Labute approximate surface area is 650 Å². The number of primary amides is 1. The summed E-state index contributed by atoms with van der Waals surface area (Å²) >= 11 is 14.5. The minimum atomic E-state index is -2.38. The molecule has 8 aliphatic rings. The van der Waals surface area contributed by atoms with Gasteiger partial charge in [-0.1, -0.05) is 55.2 Å². The van der Waals surface area contributed by atoms with Gasteiger partial charge in [-0.2, -0.15) is 0 Å². The largest absolute Gasteiger partial charge is 0.508 e. The van der Waals surface area contributed by atoms with Gasteiger partial charge in [-0.3, -0.25) is 38.5 Å². The Hall–Kier alpha value is -9.32. The van der Waals surface area contributed by atoms with Crippen LogP contribution in [0.1, 0.15) is 125 Å². The van der Waals surface area contributed by atoms with E-state index in [1.807, 2.05) is 13.8 Å². The SMILES string of the molecule is CC(C)C[C@H](C(=O)N[C@H]1C(=O)N[C@@H](CC(N)=O)C(=O)N[C@H]2C(=O)N[C@H]3C(=O)N[C@@H](C(=O)N[C@H](C(=O)O)c4cc(O)cc(O)c4-c4cc3ccc4O)[C@H](O[C@@H]3C[C@](C)(N)[C@H](O)[C@H](C)O3)c3ccc(c(Cl)c3)Oc3cc2cc(c3O[C@H]2O[C@H](CO)[C@H](O)[C@H](O)[C@@H]2O[C@H]2C[C@@](C)(N)[C@@H](O)[C@@H](C)O2)Oc2ccc(cc2Cl)[C@H]1O)N(C)C. The van der Waals surface area contributed by atoms with Crippen LogP contribution in [-0.2, 0) is 62.0 Å². The van der Waals surface area contributed by atoms with Gasteiger partial charge >= 0.3 is 5.97 Å². The number of ether oxygens (including phenoxy) is 8. The van der Waals surface area contributed by atoms with Gasteiger partial charge in [0.1, 0.15) is 89.5 Å². The van der Waals surface area contributed by atoms with Crippen LogP contribution in [0.25, 0.3) is 11.1 Å². The van der Waals surface area contributed by atoms with Crippen LogP contribution in [0.2, 0.25) is 10.0 Å². The van der Waals surface area contributed by atoms with Crippen LogP contribution in [0, 0.1) is 5.92 Å². The molecule has 38 heteroatoms. The molecule has 5 aromatic rings. The first kappa shape index (κ1) is 83.6. The number of phenols is 3. The van der Waals surface area contributed by atoms with Crippen LogP contribution < -0.4 is 63.3 Å². The lowest BCUT2D eigenvalue weighted by Crippen LogP contribution is -2.64. The van der Waals surface area contributed by atoms with Crippen LogP contribution in [0.15, 0.2) is 78.9 Å². The van der Waals surface area contributed by atoms with E-state index in [2.05, 4.69) is 31.9 Å². The first-order valence-electron chi connectivity index (χ1n) is 35.7. The van der Waals surface area contributed by atoms with Gasteiger partial charge in [0.15, 0.2) is 36.2 Å². The molecule has 22 atom stereocenters. The molecule has 7 amide bonds. The zero-order chi connectivity index (χ0) is 81.8. The van der Waals surface area contributed by atoms with Crippen molar-refractivity contribution in [1.82, 2.24) is 36.8 Å². The molecule has 5 aromatic carbocycles. The minimum Gasteiger partial charge on any atom is -0.508 e. The molecule has 0 unspecified atom stereocenters. The highest BCUT2D eigenvalue weighted by molar-refractivity contribution is 6.32. The number of hydrogen-bond acceptors (Lipinski definition) is 28. The van der Waals surface area contributed by atoms with Crippen molar-refractivity contribution in [2.45, 2.75) is 201 Å². The Balaban J connectivity index is 1.19. The molecule has 8 heterocycles. The van der Waals surface area contributed by atoms with E-state index < -0.39 is 261 Å². The zero-order valence-electron chi connectivity index (χ0n) is 61.6. The summed E-state index contributed by atoms with van der Waals surface area (Å²) in [4.78, 5) is 122. The topological polar surface area (TPSA) is 566 Å². The third kappa shape index (κ3) is 17.7. The molecule has 0 radical (unpaired) electrons. The van der Waals surface area contributed by atoms with Crippen molar-refractivity contribution >= 4 is 70.5 Å². The fraction of sp³-hybridized carbons (Fsp3) is 0.486. The highest BCUT2D eigenvalue weighted by Crippen LogP contribution is 2.50. The summed E-state index contributed by atoms with van der Waals surface area (Å²) in [5.74, 6) is -16.0. The van der Waals surface area contributed by atoms with Crippen molar-refractivity contribution < 1.29 is 127 Å². The van der Waals surface area contributed by atoms with Crippen LogP contribution in [0.3, 0.4) is 0 Å². The average molecular weight is 1610 g/mol. The van der Waals surface area contributed by atoms with Gasteiger partial charge in [-0.05, 0) is 131 Å². The fourth-order valence-electron chi connectivity index (χ4n) is 14.4. The molecule has 112 heavy (non-hydrogen) atoms. The number of aliphatic hydroxyl groups excluding tert-OH is 6. The summed E-state index contributed by atoms with van der Waals surface area (Å²) in [5.41, 5.74) is 13.3. The molecule has 606 valence electrons. The number of halogens is 2. The van der Waals surface area contributed by atoms with E-state index in [9.17, 15) is 65.4 Å². The number of carbonyl (C=O) groups is 8. The van der Waals surface area contributed by atoms with Crippen molar-refractivity contribution in [3.63, 3.8) is 0 Å². The molecular weight excluding hydrogens is 1520 g/mol. The summed E-state index contributed by atoms with van der Waals surface area (Å²) in [6.07, 6.45) is -22.8. The maximum absolute atomic E-state index is 16.4. The van der Waals surface area contributed by atoms with Gasteiger partial charge in [-0.25, -0.2) is 4.79 Å². The Kier molecular flexibility index (Phi) is 24.9. The normalized spacial score (nSPS) is 31.9. The van der Waals surface area contributed by atoms with Crippen molar-refractivity contribution in [2.24, 2.45) is 23.1 Å². The van der Waals surface area contributed by atoms with Crippen molar-refractivity contribution in [3.05, 3.63) is 117 Å². The van der Waals surface area contributed by atoms with Gasteiger partial charge in [0.2, 0.25) is 53.4 Å². The Morgan fingerprint density at radius 2 is 1.22 bits per heavy atom. The van der Waals surface area contributed by atoms with E-state index in [0.717, 1.165) is 48.5 Å². The summed E-state index contributed by atoms with van der Waals surface area (Å²) in [7, 11) is 3.19. The standard InChI is InChI=1S/C74H90Cl2N10O26/c1-27(2)15-40(86(7)8)66(98)84-55-57(92)31-10-13-43(37(75)17-31)107-45-19-33-20-46(61(45)112-72-62(59(94)58(93)47(26-87)109-72)111-50-25-74(6,79)64(96)29(4)106-50)108-44-14-11-32(18-38(44)76)60(110-49-24-73(5,78)63(95)28(3)105-49)56-70(102)83-54(71(103)104)36-21-34(88)22-42(90)51(36)35-16-30(9-12-41(35)89)52(67(99)85-56)82-68(100)53(33)81-65(97)39(23-48(77)91)80-69(55)101/h9-14,16-22,27-29,39-40,47,49-50,52-60,62-64,72,87-90,92-96H,15,23-26,78-79H2,1-8H3,(H2,77,91)(H,80,101)(H,81,97)(H,82,100)(H,83,102)(H,84,98)(H,85,99)(H,103,104)/t28-,29+,39-,40+,47+,49+,50-,52+,53+,54-,55+,56+,57+,58-,59-,60+,62-,63+,64-,72+,73-,74+/m0/s1. The van der Waals surface area contributed by atoms with Crippen LogP contribution in [-0.4, -0.2) is 227 Å². The van der Waals surface area contributed by atoms with Gasteiger partial charge in [0, 0.05) is 46.7 Å². The maximum Gasteiger partial charge on any atom is 0.330 e. The van der Waals surface area contributed by atoms with Crippen molar-refractivity contribution in [3.8, 4) is 57.1 Å². The Bertz CT molecular complexity index is 4460. The van der Waals surface area contributed by atoms with E-state index in [-0.39, 0.29) is 52.6 Å². The predicted molar refractivity (Wildman–Crippen MR) is 390 cm³/mol. The van der Waals surface area contributed by atoms with Gasteiger partial charge in [0.25, 0.3) is 0 Å². The van der Waals surface area contributed by atoms with Gasteiger partial charge in [0.05, 0.1) is 53.5 Å². The lowest BCUT2D eigenvalue weighted by atomic mass is 9.86. The van der Waals surface area contributed by atoms with E-state index in [4.69, 9.17) is 78.3 Å². The first-order valence-corrected chi connectivity index (χ1v) is 36.4. The molecule has 11 bridgehead atoms. The molecule has 0 aliphatic carbocycles. The first-order chi connectivity index (χ1) is 52.6. The number of likely N-dealkylation sites (N-methyl/N-ethyl adjacent to an activating group) is 1. The number of nitrogens with zero attached hydrogens (tertiary/aromatic N) is 1. The number of aliphatic hydroxyl groups is 6. The number of aliphatic carboxylic acids is 1. The van der Waals surface area contributed by atoms with E-state index in [1.165, 1.54) is 58.0 Å². The number of carboxylic acid groups (broad SMARTS) is 1. The summed E-state index contributed by atoms with van der Waals surface area (Å²) in [5, 5.41) is 129. The Morgan fingerprint density at radius 3 is 1.79 bits per heavy atom. The number of carbonyl (C=O) groups excluding carboxylic acids is 7. The molecular formula is C74H90Cl2N10O26. The van der Waals surface area contributed by atoms with E-state index in [0.29, 0.717) is 0 Å². The molecule has 8 aliphatic heterocycles. The molecule has 36 nitrogen and oxygen atoms in total. The van der Waals surface area contributed by atoms with Crippen molar-refractivity contribution in [2.75, 3.05) is 20.7 Å². The Morgan fingerprint density at radius 1 is 0.661 bits per heavy atom. The third-order valence-electron chi connectivity index (χ3n) is 20.4. The predicted octanol–water partition coefficient (Wildman–Crippen LogP) is 0.686. The van der Waals surface area contributed by atoms with Crippen LogP contribution >= 0.6 is 23.2 Å². The van der Waals surface area contributed by atoms with Crippen molar-refractivity contribution in [1.29, 1.82) is 0 Å². The number of amides is 7. The number of rotatable bonds is 15. The molecule has 3 fully saturated rings. The summed E-state index contributed by atoms with van der Waals surface area (Å²) in [6, 6.07) is -0.361. The quantitative estimate of drug-likeness (QED) is 0.0685. The number of phenolic OH excluding ortho intramolecular Hbond substituents is 3. The second-order valence-corrected chi connectivity index (χ2v) is 30.7. The number of nitrogens with one attached hydrogen (secondary N) is 6. The summed E-state index contributed by atoms with van der Waals surface area (Å²) < 4.78 is 51.7. The molecule has 22 N–H and O–H groups in total. The molecule has 0 saturated carbocycles. The number of fused-ring (bicyclic) bond motifs is 15. The smallest absolute Gasteiger partial charge is 0.330 e. The highest BCUT2D eigenvalue weighted by atomic mass is 35.5. The molecule has 3 saturated heterocycles. The van der Waals surface area contributed by atoms with Crippen LogP contribution in [0.5, 0.6) is 46.0 Å². The minimum absolute atomic E-state index is 0.106. The lowest BCUT2D eigenvalue weighted by molar-refractivity contribution is -0.333. The van der Waals surface area contributed by atoms with Crippen LogP contribution in [0.4, 0.5) is 0 Å². The summed E-state index contributed by atoms with van der Waals surface area (Å²) in [6.45, 7) is 8.62. The third-order valence-corrected chi connectivity index (χ3v) is 21.0. The highest BCUT2D eigenvalue weighted by Gasteiger charge is 2.52. The van der Waals surface area contributed by atoms with Gasteiger partial charge in [-0.15, -0.1) is 0 Å². The fourth-order valence-corrected chi connectivity index (χ4v) is 14.9. The number of benzene rings is 5. The molecule has 0 aromatic heterocycles. The second kappa shape index (κ2) is 33.4. The second-order valence-electron chi connectivity index (χ2n) is 29.9. The number of carboxylic acids is 1. The number of nitrogens with two attached hydrogens (primary N) is 3. The molecule has 13 rings (SSSR count).